The van der Waals surface area contributed by atoms with Crippen molar-refractivity contribution in [2.24, 2.45) is 5.92 Å². The zero-order chi connectivity index (χ0) is 8.55. The van der Waals surface area contributed by atoms with Crippen LogP contribution in [0, 0.1) is 5.92 Å². The van der Waals surface area contributed by atoms with E-state index in [4.69, 9.17) is 9.47 Å². The van der Waals surface area contributed by atoms with Gasteiger partial charge in [-0.1, -0.05) is 0 Å². The van der Waals surface area contributed by atoms with Crippen LogP contribution in [-0.4, -0.2) is 32.1 Å². The van der Waals surface area contributed by atoms with Crippen molar-refractivity contribution in [2.75, 3.05) is 13.7 Å². The Balaban J connectivity index is 1.64. The Morgan fingerprint density at radius 3 is 2.75 bits per heavy atom. The molecular weight excluding hydrogens is 160 g/mol. The van der Waals surface area contributed by atoms with Gasteiger partial charge in [0, 0.05) is 0 Å². The Morgan fingerprint density at radius 1 is 1.50 bits per heavy atom. The van der Waals surface area contributed by atoms with E-state index in [9.17, 15) is 4.79 Å². The maximum atomic E-state index is 10.6. The van der Waals surface area contributed by atoms with Crippen LogP contribution in [0.15, 0.2) is 0 Å². The molecule has 1 aliphatic heterocycles. The van der Waals surface area contributed by atoms with Crippen molar-refractivity contribution in [2.45, 2.75) is 25.0 Å². The van der Waals surface area contributed by atoms with E-state index in [1.807, 2.05) is 0 Å². The molecule has 68 valence electrons. The van der Waals surface area contributed by atoms with Gasteiger partial charge in [-0.2, -0.15) is 0 Å². The molecule has 0 bridgehead atoms. The quantitative estimate of drug-likeness (QED) is 0.459. The Bertz CT molecular complexity index is 181. The minimum Gasteiger partial charge on any atom is -0.438 e. The van der Waals surface area contributed by atoms with Gasteiger partial charge in [0.15, 0.2) is 0 Å². The van der Waals surface area contributed by atoms with Crippen LogP contribution in [0.4, 0.5) is 4.79 Å². The van der Waals surface area contributed by atoms with E-state index in [-0.39, 0.29) is 0 Å². The summed E-state index contributed by atoms with van der Waals surface area (Å²) in [5, 5.41) is 0. The summed E-state index contributed by atoms with van der Waals surface area (Å²) in [6.07, 6.45) is 2.38. The fourth-order valence-corrected chi connectivity index (χ4v) is 1.73. The van der Waals surface area contributed by atoms with E-state index in [1.165, 1.54) is 7.11 Å². The van der Waals surface area contributed by atoms with E-state index in [2.05, 4.69) is 4.74 Å². The summed E-state index contributed by atoms with van der Waals surface area (Å²) >= 11 is 0. The van der Waals surface area contributed by atoms with Crippen molar-refractivity contribution in [1.82, 2.24) is 0 Å². The summed E-state index contributed by atoms with van der Waals surface area (Å²) < 4.78 is 14.4. The molecular formula is C8H12O4. The highest BCUT2D eigenvalue weighted by Gasteiger charge is 2.48. The molecule has 2 atom stereocenters. The first-order chi connectivity index (χ1) is 5.79. The SMILES string of the molecule is COC(=O)OCC1CC2OC2C1. The third-order valence-corrected chi connectivity index (χ3v) is 2.42. The smallest absolute Gasteiger partial charge is 0.438 e. The summed E-state index contributed by atoms with van der Waals surface area (Å²) in [4.78, 5) is 10.6. The molecule has 0 aromatic heterocycles. The highest BCUT2D eigenvalue weighted by molar-refractivity contribution is 5.59. The number of hydrogen-bond donors (Lipinski definition) is 0. The second-order valence-electron chi connectivity index (χ2n) is 3.32. The number of carbonyl (C=O) groups excluding carboxylic acids is 1. The molecule has 0 radical (unpaired) electrons. The molecule has 0 N–H and O–H groups in total. The molecule has 4 heteroatoms. The second kappa shape index (κ2) is 2.94. The van der Waals surface area contributed by atoms with Crippen LogP contribution in [0.5, 0.6) is 0 Å². The van der Waals surface area contributed by atoms with Crippen LogP contribution in [0.2, 0.25) is 0 Å². The number of rotatable bonds is 2. The summed E-state index contributed by atoms with van der Waals surface area (Å²) in [7, 11) is 1.32. The molecule has 1 saturated heterocycles. The highest BCUT2D eigenvalue weighted by atomic mass is 16.7. The minimum atomic E-state index is -0.587. The second-order valence-corrected chi connectivity index (χ2v) is 3.32. The number of ether oxygens (including phenoxy) is 3. The van der Waals surface area contributed by atoms with E-state index in [0.717, 1.165) is 12.8 Å². The third kappa shape index (κ3) is 1.53. The monoisotopic (exact) mass is 172 g/mol. The largest absolute Gasteiger partial charge is 0.507 e. The van der Waals surface area contributed by atoms with Gasteiger partial charge in [-0.25, -0.2) is 4.79 Å². The normalized spacial score (nSPS) is 37.2. The van der Waals surface area contributed by atoms with E-state index >= 15 is 0 Å². The molecule has 12 heavy (non-hydrogen) atoms. The van der Waals surface area contributed by atoms with Crippen molar-refractivity contribution in [3.8, 4) is 0 Å². The lowest BCUT2D eigenvalue weighted by molar-refractivity contribution is 0.0553. The zero-order valence-electron chi connectivity index (χ0n) is 6.99. The lowest BCUT2D eigenvalue weighted by Gasteiger charge is -2.10. The summed E-state index contributed by atoms with van der Waals surface area (Å²) in [6, 6.07) is 0. The predicted molar refractivity (Wildman–Crippen MR) is 39.7 cm³/mol. The predicted octanol–water partition coefficient (Wildman–Crippen LogP) is 0.947. The Kier molecular flexibility index (Phi) is 1.92. The number of fused-ring (bicyclic) bond motifs is 1. The van der Waals surface area contributed by atoms with Crippen molar-refractivity contribution >= 4 is 6.16 Å². The topological polar surface area (TPSA) is 48.1 Å². The minimum absolute atomic E-state index is 0.455. The molecule has 2 aliphatic rings. The van der Waals surface area contributed by atoms with Crippen LogP contribution in [-0.2, 0) is 14.2 Å². The molecule has 0 spiro atoms. The molecule has 0 aromatic rings. The average Bonchev–Trinajstić information content (AvgIpc) is 2.70. The van der Waals surface area contributed by atoms with Gasteiger partial charge >= 0.3 is 6.16 Å². The van der Waals surface area contributed by atoms with E-state index in [0.29, 0.717) is 24.7 Å². The van der Waals surface area contributed by atoms with E-state index < -0.39 is 6.16 Å². The van der Waals surface area contributed by atoms with Crippen molar-refractivity contribution in [3.63, 3.8) is 0 Å². The number of methoxy groups -OCH3 is 1. The molecule has 4 nitrogen and oxygen atoms in total. The maximum absolute atomic E-state index is 10.6. The van der Waals surface area contributed by atoms with Gasteiger partial charge in [-0.3, -0.25) is 0 Å². The molecule has 2 rings (SSSR count). The molecule has 1 heterocycles. The summed E-state index contributed by atoms with van der Waals surface area (Å²) in [5.41, 5.74) is 0. The molecule has 0 aromatic carbocycles. The molecule has 2 unspecified atom stereocenters. The van der Waals surface area contributed by atoms with Crippen molar-refractivity contribution in [1.29, 1.82) is 0 Å². The van der Waals surface area contributed by atoms with Gasteiger partial charge in [0.25, 0.3) is 0 Å². The van der Waals surface area contributed by atoms with Crippen LogP contribution in [0.3, 0.4) is 0 Å². The maximum Gasteiger partial charge on any atom is 0.507 e. The van der Waals surface area contributed by atoms with E-state index in [1.54, 1.807) is 0 Å². The van der Waals surface area contributed by atoms with Gasteiger partial charge in [0.05, 0.1) is 25.9 Å². The molecule has 1 aliphatic carbocycles. The number of hydrogen-bond acceptors (Lipinski definition) is 4. The van der Waals surface area contributed by atoms with Gasteiger partial charge in [-0.05, 0) is 18.8 Å². The van der Waals surface area contributed by atoms with Crippen molar-refractivity contribution < 1.29 is 19.0 Å². The first-order valence-corrected chi connectivity index (χ1v) is 4.16. The number of epoxide rings is 1. The van der Waals surface area contributed by atoms with Gasteiger partial charge < -0.3 is 14.2 Å². The van der Waals surface area contributed by atoms with Crippen molar-refractivity contribution in [3.05, 3.63) is 0 Å². The highest BCUT2D eigenvalue weighted by Crippen LogP contribution is 2.42. The van der Waals surface area contributed by atoms with Crippen LogP contribution >= 0.6 is 0 Å². The number of carbonyl (C=O) groups is 1. The van der Waals surface area contributed by atoms with Crippen LogP contribution in [0.1, 0.15) is 12.8 Å². The first-order valence-electron chi connectivity index (χ1n) is 4.16. The zero-order valence-corrected chi connectivity index (χ0v) is 6.99. The molecule has 2 fully saturated rings. The van der Waals surface area contributed by atoms with Gasteiger partial charge in [0.2, 0.25) is 0 Å². The molecule has 0 amide bonds. The summed E-state index contributed by atoms with van der Waals surface area (Å²) in [6.45, 7) is 0.475. The third-order valence-electron chi connectivity index (χ3n) is 2.42. The van der Waals surface area contributed by atoms with Crippen LogP contribution < -0.4 is 0 Å². The fourth-order valence-electron chi connectivity index (χ4n) is 1.73. The molecule has 1 saturated carbocycles. The summed E-state index contributed by atoms with van der Waals surface area (Å²) in [5.74, 6) is 0.479. The Morgan fingerprint density at radius 2 is 2.17 bits per heavy atom. The standard InChI is InChI=1S/C8H12O4/c1-10-8(9)11-4-5-2-6-7(3-5)12-6/h5-7H,2-4H2,1H3. The average molecular weight is 172 g/mol. The fraction of sp³-hybridized carbons (Fsp3) is 0.875. The van der Waals surface area contributed by atoms with Gasteiger partial charge in [-0.15, -0.1) is 0 Å². The lowest BCUT2D eigenvalue weighted by Crippen LogP contribution is -2.13. The Labute approximate surface area is 70.8 Å². The van der Waals surface area contributed by atoms with Gasteiger partial charge in [0.1, 0.15) is 0 Å². The first kappa shape index (κ1) is 7.86. The lowest BCUT2D eigenvalue weighted by atomic mass is 10.1. The Hall–Kier alpha value is -0.770. The van der Waals surface area contributed by atoms with Crippen LogP contribution in [0.25, 0.3) is 0 Å².